The van der Waals surface area contributed by atoms with Crippen LogP contribution in [0.25, 0.3) is 0 Å². The molecular formula is C17H17F3N6OS. The minimum atomic E-state index is -4.52. The summed E-state index contributed by atoms with van der Waals surface area (Å²) in [5.41, 5.74) is 4.97. The molecule has 11 heteroatoms. The number of hydrogen-bond acceptors (Lipinski definition) is 7. The summed E-state index contributed by atoms with van der Waals surface area (Å²) < 4.78 is 38.5. The number of nitrogen functional groups attached to an aromatic ring is 1. The second-order valence-electron chi connectivity index (χ2n) is 5.76. The molecule has 0 spiro atoms. The molecule has 0 fully saturated rings. The number of rotatable bonds is 5. The number of carbonyl (C=O) groups excluding carboxylic acids is 1. The molecule has 0 aliphatic heterocycles. The minimum Gasteiger partial charge on any atom is -0.368 e. The lowest BCUT2D eigenvalue weighted by Crippen LogP contribution is -2.40. The topological polar surface area (TPSA) is 108 Å². The van der Waals surface area contributed by atoms with Crippen LogP contribution in [0.1, 0.15) is 18.1 Å². The van der Waals surface area contributed by atoms with Crippen LogP contribution >= 0.6 is 11.8 Å². The summed E-state index contributed by atoms with van der Waals surface area (Å²) in [6, 6.07) is 5.46. The Labute approximate surface area is 163 Å². The molecule has 0 aliphatic carbocycles. The number of halogens is 3. The first-order valence-electron chi connectivity index (χ1n) is 7.91. The smallest absolute Gasteiger partial charge is 0.368 e. The van der Waals surface area contributed by atoms with Crippen LogP contribution in [0.2, 0.25) is 0 Å². The average molecular weight is 410 g/mol. The first-order valence-corrected chi connectivity index (χ1v) is 9.13. The first-order chi connectivity index (χ1) is 13.1. The van der Waals surface area contributed by atoms with Crippen LogP contribution in [0, 0.1) is 11.3 Å². The predicted molar refractivity (Wildman–Crippen MR) is 101 cm³/mol. The molecule has 2 rings (SSSR count). The highest BCUT2D eigenvalue weighted by Crippen LogP contribution is 2.31. The van der Waals surface area contributed by atoms with E-state index < -0.39 is 23.7 Å². The Balaban J connectivity index is 2.27. The largest absolute Gasteiger partial charge is 0.416 e. The van der Waals surface area contributed by atoms with Gasteiger partial charge in [0.05, 0.1) is 5.56 Å². The van der Waals surface area contributed by atoms with Gasteiger partial charge < -0.3 is 16.0 Å². The van der Waals surface area contributed by atoms with Gasteiger partial charge in [-0.3, -0.25) is 4.79 Å². The molecule has 1 aromatic carbocycles. The van der Waals surface area contributed by atoms with Crippen LogP contribution in [-0.4, -0.2) is 35.2 Å². The minimum absolute atomic E-state index is 0.00702. The maximum Gasteiger partial charge on any atom is 0.416 e. The highest BCUT2D eigenvalue weighted by atomic mass is 32.2. The van der Waals surface area contributed by atoms with Crippen LogP contribution in [0.5, 0.6) is 0 Å². The predicted octanol–water partition coefficient (Wildman–Crippen LogP) is 3.13. The van der Waals surface area contributed by atoms with Gasteiger partial charge in [0.1, 0.15) is 22.7 Å². The third kappa shape index (κ3) is 4.64. The number of nitriles is 1. The lowest BCUT2D eigenvalue weighted by Gasteiger charge is -2.26. The molecule has 0 bridgehead atoms. The maximum atomic E-state index is 12.8. The van der Waals surface area contributed by atoms with Gasteiger partial charge in [0.2, 0.25) is 11.9 Å². The number of benzene rings is 1. The van der Waals surface area contributed by atoms with E-state index in [4.69, 9.17) is 5.73 Å². The van der Waals surface area contributed by atoms with Crippen LogP contribution in [-0.2, 0) is 11.0 Å². The Hall–Kier alpha value is -3.00. The van der Waals surface area contributed by atoms with Crippen molar-refractivity contribution in [1.82, 2.24) is 9.97 Å². The van der Waals surface area contributed by atoms with Gasteiger partial charge in [-0.1, -0.05) is 6.07 Å². The van der Waals surface area contributed by atoms with Crippen molar-refractivity contribution >= 4 is 35.1 Å². The standard InChI is InChI=1S/C17H17F3N6OS/c1-9(14(27)23-11-6-4-5-10(7-11)17(18,19)20)26(2)13-12(8-21)15(28-3)25-16(22)24-13/h4-7,9H,1-3H3,(H,23,27)(H2,22,24,25)/t9-/m1/s1. The molecule has 148 valence electrons. The number of hydrogen-bond donors (Lipinski definition) is 2. The third-order valence-electron chi connectivity index (χ3n) is 3.93. The summed E-state index contributed by atoms with van der Waals surface area (Å²) >= 11 is 1.20. The van der Waals surface area contributed by atoms with Gasteiger partial charge in [-0.25, -0.2) is 4.98 Å². The maximum absolute atomic E-state index is 12.8. The zero-order chi connectivity index (χ0) is 21.1. The van der Waals surface area contributed by atoms with Gasteiger partial charge in [-0.15, -0.1) is 11.8 Å². The fraction of sp³-hybridized carbons (Fsp3) is 0.294. The van der Waals surface area contributed by atoms with Crippen LogP contribution < -0.4 is 16.0 Å². The van der Waals surface area contributed by atoms with Gasteiger partial charge >= 0.3 is 6.18 Å². The summed E-state index contributed by atoms with van der Waals surface area (Å²) in [4.78, 5) is 22.0. The van der Waals surface area contributed by atoms with Crippen molar-refractivity contribution in [3.8, 4) is 6.07 Å². The number of alkyl halides is 3. The normalized spacial score (nSPS) is 12.2. The molecule has 1 heterocycles. The number of amides is 1. The van der Waals surface area contributed by atoms with E-state index in [0.717, 1.165) is 12.1 Å². The summed E-state index contributed by atoms with van der Waals surface area (Å²) in [5.74, 6) is -0.477. The number of carbonyl (C=O) groups is 1. The lowest BCUT2D eigenvalue weighted by molar-refractivity contribution is -0.137. The highest BCUT2D eigenvalue weighted by molar-refractivity contribution is 7.98. The number of thioether (sulfide) groups is 1. The number of likely N-dealkylation sites (N-methyl/N-ethyl adjacent to an activating group) is 1. The Morgan fingerprint density at radius 1 is 1.39 bits per heavy atom. The quantitative estimate of drug-likeness (QED) is 0.576. The highest BCUT2D eigenvalue weighted by Gasteiger charge is 2.31. The molecule has 2 aromatic rings. The Morgan fingerprint density at radius 3 is 2.64 bits per heavy atom. The Morgan fingerprint density at radius 2 is 2.07 bits per heavy atom. The van der Waals surface area contributed by atoms with Crippen LogP contribution in [0.15, 0.2) is 29.3 Å². The number of nitrogens with one attached hydrogen (secondary N) is 1. The molecular weight excluding hydrogens is 393 g/mol. The molecule has 0 unspecified atom stereocenters. The van der Waals surface area contributed by atoms with Gasteiger partial charge in [0.25, 0.3) is 0 Å². The molecule has 28 heavy (non-hydrogen) atoms. The van der Waals surface area contributed by atoms with E-state index in [2.05, 4.69) is 15.3 Å². The van der Waals surface area contributed by atoms with E-state index in [0.29, 0.717) is 5.03 Å². The third-order valence-corrected chi connectivity index (χ3v) is 4.61. The fourth-order valence-electron chi connectivity index (χ4n) is 2.33. The van der Waals surface area contributed by atoms with Crippen molar-refractivity contribution in [3.05, 3.63) is 35.4 Å². The molecule has 0 saturated heterocycles. The van der Waals surface area contributed by atoms with Crippen molar-refractivity contribution < 1.29 is 18.0 Å². The molecule has 3 N–H and O–H groups in total. The lowest BCUT2D eigenvalue weighted by atomic mass is 10.2. The van der Waals surface area contributed by atoms with Crippen molar-refractivity contribution in [1.29, 1.82) is 5.26 Å². The van der Waals surface area contributed by atoms with E-state index in [1.54, 1.807) is 6.26 Å². The zero-order valence-corrected chi connectivity index (χ0v) is 16.0. The van der Waals surface area contributed by atoms with Gasteiger partial charge in [-0.2, -0.15) is 23.4 Å². The SMILES string of the molecule is CSc1nc(N)nc(N(C)[C@H](C)C(=O)Nc2cccc(C(F)(F)F)c2)c1C#N. The molecule has 7 nitrogen and oxygen atoms in total. The van der Waals surface area contributed by atoms with Crippen LogP contribution in [0.4, 0.5) is 30.6 Å². The van der Waals surface area contributed by atoms with Crippen molar-refractivity contribution in [2.45, 2.75) is 24.2 Å². The van der Waals surface area contributed by atoms with Crippen molar-refractivity contribution in [2.75, 3.05) is 29.3 Å². The average Bonchev–Trinajstić information content (AvgIpc) is 2.65. The van der Waals surface area contributed by atoms with Gasteiger partial charge in [0, 0.05) is 12.7 Å². The fourth-order valence-corrected chi connectivity index (χ4v) is 2.85. The summed E-state index contributed by atoms with van der Waals surface area (Å²) in [6.07, 6.45) is -2.80. The van der Waals surface area contributed by atoms with Crippen LogP contribution in [0.3, 0.4) is 0 Å². The monoisotopic (exact) mass is 410 g/mol. The Kier molecular flexibility index (Phi) is 6.35. The second kappa shape index (κ2) is 8.35. The number of nitrogens with two attached hydrogens (primary N) is 1. The first kappa shape index (κ1) is 21.3. The van der Waals surface area contributed by atoms with Gasteiger partial charge in [-0.05, 0) is 31.4 Å². The molecule has 1 atom stereocenters. The number of nitrogens with zero attached hydrogens (tertiary/aromatic N) is 4. The summed E-state index contributed by atoms with van der Waals surface area (Å²) in [5, 5.41) is 12.2. The molecule has 0 aliphatic rings. The van der Waals surface area contributed by atoms with Gasteiger partial charge in [0.15, 0.2) is 5.82 Å². The zero-order valence-electron chi connectivity index (χ0n) is 15.2. The van der Waals surface area contributed by atoms with E-state index in [-0.39, 0.29) is 23.0 Å². The summed E-state index contributed by atoms with van der Waals surface area (Å²) in [6.45, 7) is 1.53. The summed E-state index contributed by atoms with van der Waals surface area (Å²) in [7, 11) is 1.53. The van der Waals surface area contributed by atoms with E-state index in [9.17, 15) is 23.2 Å². The van der Waals surface area contributed by atoms with E-state index in [1.165, 1.54) is 42.8 Å². The molecule has 1 amide bonds. The number of aromatic nitrogens is 2. The molecule has 0 saturated carbocycles. The van der Waals surface area contributed by atoms with E-state index in [1.807, 2.05) is 6.07 Å². The van der Waals surface area contributed by atoms with Crippen molar-refractivity contribution in [3.63, 3.8) is 0 Å². The van der Waals surface area contributed by atoms with Crippen molar-refractivity contribution in [2.24, 2.45) is 0 Å². The Bertz CT molecular complexity index is 928. The second-order valence-corrected chi connectivity index (χ2v) is 6.55. The molecule has 0 radical (unpaired) electrons. The van der Waals surface area contributed by atoms with E-state index >= 15 is 0 Å². The number of anilines is 3. The molecule has 1 aromatic heterocycles.